The zero-order valence-electron chi connectivity index (χ0n) is 20.5. The first-order valence-electron chi connectivity index (χ1n) is 12.1. The molecule has 2 N–H and O–H groups in total. The third-order valence-corrected chi connectivity index (χ3v) is 6.87. The molecule has 182 valence electrons. The summed E-state index contributed by atoms with van der Waals surface area (Å²) in [6, 6.07) is 20.0. The highest BCUT2D eigenvalue weighted by Crippen LogP contribution is 2.36. The minimum Gasteiger partial charge on any atom is -0.488 e. The van der Waals surface area contributed by atoms with E-state index in [9.17, 15) is 0 Å². The van der Waals surface area contributed by atoms with E-state index in [1.807, 2.05) is 60.9 Å². The van der Waals surface area contributed by atoms with Crippen LogP contribution in [0.3, 0.4) is 0 Å². The second-order valence-corrected chi connectivity index (χ2v) is 9.34. The van der Waals surface area contributed by atoms with Crippen molar-refractivity contribution in [2.45, 2.75) is 37.7 Å². The minimum absolute atomic E-state index is 0.321. The number of ether oxygens (including phenoxy) is 1. The van der Waals surface area contributed by atoms with Crippen molar-refractivity contribution in [3.8, 4) is 17.0 Å². The Morgan fingerprint density at radius 2 is 1.77 bits per heavy atom. The maximum atomic E-state index is 6.17. The highest BCUT2D eigenvalue weighted by molar-refractivity contribution is 7.98. The second-order valence-electron chi connectivity index (χ2n) is 8.46. The van der Waals surface area contributed by atoms with Crippen LogP contribution in [0.15, 0.2) is 71.8 Å². The number of hydrogen-bond acceptors (Lipinski definition) is 7. The maximum absolute atomic E-state index is 6.17. The summed E-state index contributed by atoms with van der Waals surface area (Å²) in [7, 11) is 0. The number of aromatic nitrogens is 3. The molecule has 3 heterocycles. The molecule has 0 saturated carbocycles. The molecule has 7 heteroatoms. The number of anilines is 1. The average molecular weight is 488 g/mol. The Bertz CT molecular complexity index is 1230. The van der Waals surface area contributed by atoms with Gasteiger partial charge in [0.2, 0.25) is 0 Å². The summed E-state index contributed by atoms with van der Waals surface area (Å²) in [6.07, 6.45) is 8.05. The summed E-state index contributed by atoms with van der Waals surface area (Å²) < 4.78 is 6.17. The van der Waals surface area contributed by atoms with E-state index in [-0.39, 0.29) is 0 Å². The van der Waals surface area contributed by atoms with Gasteiger partial charge >= 0.3 is 0 Å². The van der Waals surface area contributed by atoms with Gasteiger partial charge in [0, 0.05) is 22.0 Å². The van der Waals surface area contributed by atoms with Crippen LogP contribution in [0.2, 0.25) is 0 Å². The van der Waals surface area contributed by atoms with Gasteiger partial charge < -0.3 is 15.4 Å². The zero-order chi connectivity index (χ0) is 24.5. The quantitative estimate of drug-likeness (QED) is 0.331. The highest BCUT2D eigenvalue weighted by Gasteiger charge is 2.15. The molecule has 0 spiro atoms. The number of nitrogen functional groups attached to an aromatic ring is 1. The monoisotopic (exact) mass is 487 g/mol. The summed E-state index contributed by atoms with van der Waals surface area (Å²) in [5.41, 5.74) is 9.28. The fraction of sp³-hybridized carbons (Fsp3) is 0.321. The number of piperidine rings is 1. The SMILES string of the molecule is CCN1CCCCC1.CSc1ccc(-c2nnc(N)c3ncccc23)c(OCc2ccccc2)c1. The molecule has 0 unspecified atom stereocenters. The normalized spacial score (nSPS) is 13.8. The third-order valence-electron chi connectivity index (χ3n) is 6.14. The van der Waals surface area contributed by atoms with Crippen LogP contribution in [-0.4, -0.2) is 46.0 Å². The van der Waals surface area contributed by atoms with E-state index >= 15 is 0 Å². The summed E-state index contributed by atoms with van der Waals surface area (Å²) in [6.45, 7) is 6.66. The Morgan fingerprint density at radius 1 is 0.971 bits per heavy atom. The largest absolute Gasteiger partial charge is 0.488 e. The number of fused-ring (bicyclic) bond motifs is 1. The molecule has 5 rings (SSSR count). The molecule has 4 aromatic rings. The van der Waals surface area contributed by atoms with Crippen LogP contribution in [0.5, 0.6) is 5.75 Å². The lowest BCUT2D eigenvalue weighted by Gasteiger charge is -2.24. The van der Waals surface area contributed by atoms with E-state index in [2.05, 4.69) is 33.1 Å². The molecule has 1 aliphatic heterocycles. The van der Waals surface area contributed by atoms with Crippen molar-refractivity contribution < 1.29 is 4.74 Å². The van der Waals surface area contributed by atoms with Crippen molar-refractivity contribution in [1.82, 2.24) is 20.1 Å². The maximum Gasteiger partial charge on any atom is 0.172 e. The van der Waals surface area contributed by atoms with Gasteiger partial charge in [-0.3, -0.25) is 4.98 Å². The van der Waals surface area contributed by atoms with Crippen LogP contribution >= 0.6 is 11.8 Å². The number of rotatable bonds is 6. The molecule has 2 aromatic carbocycles. The minimum atomic E-state index is 0.321. The van der Waals surface area contributed by atoms with Gasteiger partial charge in [-0.25, -0.2) is 0 Å². The Balaban J connectivity index is 0.000000308. The van der Waals surface area contributed by atoms with E-state index in [1.54, 1.807) is 18.0 Å². The van der Waals surface area contributed by atoms with Crippen molar-refractivity contribution in [2.75, 3.05) is 31.6 Å². The van der Waals surface area contributed by atoms with Gasteiger partial charge in [0.05, 0.1) is 0 Å². The van der Waals surface area contributed by atoms with Crippen molar-refractivity contribution in [3.05, 3.63) is 72.4 Å². The van der Waals surface area contributed by atoms with Gasteiger partial charge in [-0.1, -0.05) is 43.7 Å². The molecule has 1 aliphatic rings. The number of likely N-dealkylation sites (tertiary alicyclic amines) is 1. The standard InChI is InChI=1S/C21H18N4OS.C7H15N/c1-27-15-9-10-16(18(12-15)26-13-14-6-3-2-4-7-14)19-17-8-5-11-23-20(17)21(22)25-24-19;1-2-8-6-4-3-5-7-8/h2-12H,13H2,1H3,(H2,22,25);2-7H2,1H3. The van der Waals surface area contributed by atoms with Gasteiger partial charge in [-0.15, -0.1) is 22.0 Å². The molecule has 0 atom stereocenters. The van der Waals surface area contributed by atoms with Crippen molar-refractivity contribution in [1.29, 1.82) is 0 Å². The zero-order valence-corrected chi connectivity index (χ0v) is 21.3. The molecule has 0 amide bonds. The van der Waals surface area contributed by atoms with Gasteiger partial charge in [0.1, 0.15) is 23.6 Å². The second kappa shape index (κ2) is 12.5. The lowest BCUT2D eigenvalue weighted by molar-refractivity contribution is 0.240. The number of pyridine rings is 1. The Kier molecular flexibility index (Phi) is 8.92. The van der Waals surface area contributed by atoms with Crippen LogP contribution < -0.4 is 10.5 Å². The first-order chi connectivity index (χ1) is 17.2. The number of hydrogen-bond donors (Lipinski definition) is 1. The third kappa shape index (κ3) is 6.50. The van der Waals surface area contributed by atoms with Crippen molar-refractivity contribution in [3.63, 3.8) is 0 Å². The average Bonchev–Trinajstić information content (AvgIpc) is 2.94. The number of nitrogens with two attached hydrogens (primary N) is 1. The molecule has 1 fully saturated rings. The van der Waals surface area contributed by atoms with Crippen molar-refractivity contribution >= 4 is 28.5 Å². The Hall–Kier alpha value is -3.16. The summed E-state index contributed by atoms with van der Waals surface area (Å²) in [5.74, 6) is 1.08. The van der Waals surface area contributed by atoms with Gasteiger partial charge in [-0.05, 0) is 74.6 Å². The molecule has 1 saturated heterocycles. The van der Waals surface area contributed by atoms with Crippen LogP contribution in [0.1, 0.15) is 31.7 Å². The van der Waals surface area contributed by atoms with E-state index in [4.69, 9.17) is 10.5 Å². The lowest BCUT2D eigenvalue weighted by atomic mass is 10.1. The molecule has 35 heavy (non-hydrogen) atoms. The molecule has 0 radical (unpaired) electrons. The van der Waals surface area contributed by atoms with E-state index < -0.39 is 0 Å². The highest BCUT2D eigenvalue weighted by atomic mass is 32.2. The molecule has 6 nitrogen and oxygen atoms in total. The fourth-order valence-electron chi connectivity index (χ4n) is 4.16. The Morgan fingerprint density at radius 3 is 2.49 bits per heavy atom. The van der Waals surface area contributed by atoms with Crippen LogP contribution in [0, 0.1) is 0 Å². The summed E-state index contributed by atoms with van der Waals surface area (Å²) in [4.78, 5) is 7.99. The van der Waals surface area contributed by atoms with E-state index in [0.29, 0.717) is 23.6 Å². The van der Waals surface area contributed by atoms with Crippen molar-refractivity contribution in [2.24, 2.45) is 0 Å². The number of benzene rings is 2. The van der Waals surface area contributed by atoms with Gasteiger partial charge in [0.15, 0.2) is 5.82 Å². The topological polar surface area (TPSA) is 77.2 Å². The smallest absolute Gasteiger partial charge is 0.172 e. The van der Waals surface area contributed by atoms with Crippen LogP contribution in [0.4, 0.5) is 5.82 Å². The Labute approximate surface area is 211 Å². The number of thioether (sulfide) groups is 1. The summed E-state index contributed by atoms with van der Waals surface area (Å²) >= 11 is 1.67. The number of nitrogens with zero attached hydrogens (tertiary/aromatic N) is 4. The van der Waals surface area contributed by atoms with E-state index in [0.717, 1.165) is 27.2 Å². The lowest BCUT2D eigenvalue weighted by Crippen LogP contribution is -2.29. The van der Waals surface area contributed by atoms with E-state index in [1.165, 1.54) is 38.9 Å². The predicted octanol–water partition coefficient (Wildman–Crippen LogP) is 6.07. The van der Waals surface area contributed by atoms with Gasteiger partial charge in [0.25, 0.3) is 0 Å². The first kappa shape index (κ1) is 24.9. The molecule has 0 bridgehead atoms. The van der Waals surface area contributed by atoms with Crippen LogP contribution in [0.25, 0.3) is 22.2 Å². The molecular formula is C28H33N5OS. The summed E-state index contributed by atoms with van der Waals surface area (Å²) in [5, 5.41) is 9.29. The first-order valence-corrected chi connectivity index (χ1v) is 13.4. The predicted molar refractivity (Wildman–Crippen MR) is 146 cm³/mol. The molecular weight excluding hydrogens is 454 g/mol. The molecule has 2 aromatic heterocycles. The van der Waals surface area contributed by atoms with Crippen LogP contribution in [-0.2, 0) is 6.61 Å². The fourth-order valence-corrected chi connectivity index (χ4v) is 4.59. The molecule has 0 aliphatic carbocycles. The van der Waals surface area contributed by atoms with Gasteiger partial charge in [-0.2, -0.15) is 0 Å².